The van der Waals surface area contributed by atoms with Gasteiger partial charge in [0.15, 0.2) is 11.8 Å². The molecule has 0 radical (unpaired) electrons. The third kappa shape index (κ3) is 3.56. The first kappa shape index (κ1) is 6.73. The first-order chi connectivity index (χ1) is 3.50. The van der Waals surface area contributed by atoms with Crippen LogP contribution in [-0.2, 0) is 11.8 Å². The minimum atomic E-state index is 1.62. The quantitative estimate of drug-likeness (QED) is 0.528. The van der Waals surface area contributed by atoms with Crippen molar-refractivity contribution in [3.8, 4) is 0 Å². The zero-order chi connectivity index (χ0) is 5.54. The van der Waals surface area contributed by atoms with E-state index in [1.807, 2.05) is 8.02 Å². The molecule has 0 aliphatic rings. The maximum absolute atomic E-state index is 4.00. The standard InChI is InChI=1S/C3H4N2.HPS/c1-2-5-3-4-1;1-2/h1-3H,(H,4,5);1H/p+1. The maximum Gasteiger partial charge on any atom is 0.153 e. The van der Waals surface area contributed by atoms with Crippen LogP contribution in [0.1, 0.15) is 0 Å². The molecule has 0 amide bonds. The van der Waals surface area contributed by atoms with Gasteiger partial charge in [-0.05, 0) is 0 Å². The summed E-state index contributed by atoms with van der Waals surface area (Å²) in [5, 5.41) is 0. The Balaban J connectivity index is 0.000000162. The fraction of sp³-hybridized carbons (Fsp3) is 0. The van der Waals surface area contributed by atoms with E-state index in [1.165, 1.54) is 0 Å². The van der Waals surface area contributed by atoms with Gasteiger partial charge < -0.3 is 4.98 Å². The number of hydrogen-bond donors (Lipinski definition) is 1. The molecule has 4 heteroatoms. The summed E-state index contributed by atoms with van der Waals surface area (Å²) in [5.41, 5.74) is 0. The number of rotatable bonds is 0. The molecule has 0 spiro atoms. The van der Waals surface area contributed by atoms with Gasteiger partial charge in [-0.25, -0.2) is 4.98 Å². The summed E-state index contributed by atoms with van der Waals surface area (Å²) < 4.78 is 0. The molecule has 2 nitrogen and oxygen atoms in total. The van der Waals surface area contributed by atoms with Crippen LogP contribution in [0.2, 0.25) is 0 Å². The number of imidazole rings is 1. The molecule has 0 aromatic carbocycles. The van der Waals surface area contributed by atoms with Gasteiger partial charge in [-0.2, -0.15) is 0 Å². The Bertz CT molecular complexity index is 79.8. The second-order valence-corrected chi connectivity index (χ2v) is 0.761. The van der Waals surface area contributed by atoms with Crippen LogP contribution < -0.4 is 0 Å². The number of nitrogens with zero attached hydrogens (tertiary/aromatic N) is 1. The molecule has 0 saturated carbocycles. The summed E-state index contributed by atoms with van der Waals surface area (Å²) in [6, 6.07) is 0. The lowest BCUT2D eigenvalue weighted by Crippen LogP contribution is -1.44. The number of aromatic nitrogens is 2. The summed E-state index contributed by atoms with van der Waals surface area (Å²) in [4.78, 5) is 6.42. The van der Waals surface area contributed by atoms with Crippen molar-refractivity contribution >= 4 is 19.8 Å². The molecule has 1 N–H and O–H groups in total. The van der Waals surface area contributed by atoms with E-state index in [0.29, 0.717) is 0 Å². The summed E-state index contributed by atoms with van der Waals surface area (Å²) >= 11 is 4.00. The van der Waals surface area contributed by atoms with Crippen molar-refractivity contribution in [3.63, 3.8) is 0 Å². The third-order valence-corrected chi connectivity index (χ3v) is 0.406. The van der Waals surface area contributed by atoms with Gasteiger partial charge in [-0.3, -0.25) is 0 Å². The molecule has 1 unspecified atom stereocenters. The van der Waals surface area contributed by atoms with Crippen LogP contribution >= 0.6 is 8.02 Å². The molecular weight excluding hydrogens is 127 g/mol. The van der Waals surface area contributed by atoms with E-state index in [-0.39, 0.29) is 0 Å². The van der Waals surface area contributed by atoms with Crippen molar-refractivity contribution in [1.82, 2.24) is 9.97 Å². The Morgan fingerprint density at radius 1 is 1.57 bits per heavy atom. The van der Waals surface area contributed by atoms with E-state index in [1.54, 1.807) is 18.7 Å². The van der Waals surface area contributed by atoms with E-state index < -0.39 is 0 Å². The Morgan fingerprint density at radius 2 is 2.29 bits per heavy atom. The maximum atomic E-state index is 4.00. The molecule has 0 aliphatic heterocycles. The molecule has 38 valence electrons. The van der Waals surface area contributed by atoms with Crippen molar-refractivity contribution in [2.45, 2.75) is 0 Å². The summed E-state index contributed by atoms with van der Waals surface area (Å²) in [5.74, 6) is 0. The van der Waals surface area contributed by atoms with Crippen LogP contribution in [0.15, 0.2) is 18.7 Å². The van der Waals surface area contributed by atoms with Crippen molar-refractivity contribution < 1.29 is 0 Å². The molecular formula is C3H6N2PS+. The summed E-state index contributed by atoms with van der Waals surface area (Å²) in [7, 11) is 2.00. The summed E-state index contributed by atoms with van der Waals surface area (Å²) in [6.07, 6.45) is 5.08. The fourth-order valence-corrected chi connectivity index (χ4v) is 0.215. The second-order valence-electron chi connectivity index (χ2n) is 0.761. The Kier molecular flexibility index (Phi) is 5.51. The van der Waals surface area contributed by atoms with Crippen LogP contribution in [0.3, 0.4) is 0 Å². The average Bonchev–Trinajstić information content (AvgIpc) is 2.23. The fourth-order valence-electron chi connectivity index (χ4n) is 0.215. The van der Waals surface area contributed by atoms with Gasteiger partial charge in [0.25, 0.3) is 0 Å². The minimum Gasteiger partial charge on any atom is -0.351 e. The van der Waals surface area contributed by atoms with E-state index in [0.717, 1.165) is 0 Å². The van der Waals surface area contributed by atoms with Crippen LogP contribution in [0.25, 0.3) is 0 Å². The van der Waals surface area contributed by atoms with Gasteiger partial charge in [0.1, 0.15) is 8.02 Å². The lowest BCUT2D eigenvalue weighted by molar-refractivity contribution is 1.31. The lowest BCUT2D eigenvalue weighted by atomic mass is 11.0. The molecule has 1 heterocycles. The lowest BCUT2D eigenvalue weighted by Gasteiger charge is -1.46. The van der Waals surface area contributed by atoms with E-state index in [4.69, 9.17) is 0 Å². The first-order valence-electron chi connectivity index (χ1n) is 1.66. The molecule has 0 saturated heterocycles. The Morgan fingerprint density at radius 3 is 2.43 bits per heavy atom. The number of H-pyrrole nitrogens is 1. The Hall–Kier alpha value is -0.270. The molecule has 1 aromatic heterocycles. The van der Waals surface area contributed by atoms with E-state index >= 15 is 0 Å². The normalized spacial score (nSPS) is 6.29. The number of aromatic amines is 1. The smallest absolute Gasteiger partial charge is 0.153 e. The van der Waals surface area contributed by atoms with Gasteiger partial charge >= 0.3 is 0 Å². The predicted molar refractivity (Wildman–Crippen MR) is 35.7 cm³/mol. The van der Waals surface area contributed by atoms with E-state index in [2.05, 4.69) is 21.8 Å². The van der Waals surface area contributed by atoms with Crippen molar-refractivity contribution in [2.24, 2.45) is 0 Å². The van der Waals surface area contributed by atoms with E-state index in [9.17, 15) is 0 Å². The summed E-state index contributed by atoms with van der Waals surface area (Å²) in [6.45, 7) is 0. The topological polar surface area (TPSA) is 28.7 Å². The Labute approximate surface area is 49.2 Å². The van der Waals surface area contributed by atoms with Crippen molar-refractivity contribution in [2.75, 3.05) is 0 Å². The highest BCUT2D eigenvalue weighted by molar-refractivity contribution is 7.88. The van der Waals surface area contributed by atoms with Crippen LogP contribution in [0.4, 0.5) is 0 Å². The van der Waals surface area contributed by atoms with Crippen molar-refractivity contribution in [1.29, 1.82) is 0 Å². The van der Waals surface area contributed by atoms with Crippen LogP contribution in [0, 0.1) is 0 Å². The number of nitrogens with one attached hydrogen (secondary N) is 1. The average molecular weight is 133 g/mol. The van der Waals surface area contributed by atoms with Crippen molar-refractivity contribution in [3.05, 3.63) is 18.7 Å². The SMILES string of the molecule is [PH2+]=S.c1c[nH]cn1. The van der Waals surface area contributed by atoms with Gasteiger partial charge in [0.2, 0.25) is 0 Å². The molecule has 1 atom stereocenters. The van der Waals surface area contributed by atoms with Gasteiger partial charge in [-0.1, -0.05) is 0 Å². The molecule has 1 aromatic rings. The highest BCUT2D eigenvalue weighted by atomic mass is 32.4. The molecule has 7 heavy (non-hydrogen) atoms. The molecule has 0 aliphatic carbocycles. The zero-order valence-electron chi connectivity index (χ0n) is 3.66. The molecule has 1 rings (SSSR count). The van der Waals surface area contributed by atoms with Gasteiger partial charge in [-0.15, -0.1) is 0 Å². The number of hydrogen-bond acceptors (Lipinski definition) is 2. The third-order valence-electron chi connectivity index (χ3n) is 0.406. The largest absolute Gasteiger partial charge is 0.351 e. The highest BCUT2D eigenvalue weighted by Crippen LogP contribution is 1.62. The molecule has 0 fully saturated rings. The van der Waals surface area contributed by atoms with Gasteiger partial charge in [0.05, 0.1) is 6.33 Å². The van der Waals surface area contributed by atoms with Crippen LogP contribution in [-0.4, -0.2) is 9.97 Å². The predicted octanol–water partition coefficient (Wildman–Crippen LogP) is 0.733. The second kappa shape index (κ2) is 5.73. The highest BCUT2D eigenvalue weighted by Gasteiger charge is 1.56. The van der Waals surface area contributed by atoms with Crippen LogP contribution in [0.5, 0.6) is 0 Å². The zero-order valence-corrected chi connectivity index (χ0v) is 5.64. The van der Waals surface area contributed by atoms with Gasteiger partial charge in [0, 0.05) is 12.4 Å². The molecule has 0 bridgehead atoms. The monoisotopic (exact) mass is 133 g/mol. The first-order valence-corrected chi connectivity index (χ1v) is 3.55. The minimum absolute atomic E-state index is 1.62.